The number of fused-ring (bicyclic) bond motifs is 1. The summed E-state index contributed by atoms with van der Waals surface area (Å²) in [6.07, 6.45) is 10.6. The number of nitrogens with one attached hydrogen (secondary N) is 1. The van der Waals surface area contributed by atoms with Crippen molar-refractivity contribution < 1.29 is 4.79 Å². The first kappa shape index (κ1) is 18.6. The number of likely N-dealkylation sites (tertiary alicyclic amines) is 1. The van der Waals surface area contributed by atoms with E-state index in [0.29, 0.717) is 12.5 Å². The van der Waals surface area contributed by atoms with Crippen LogP contribution in [0.1, 0.15) is 55.9 Å². The van der Waals surface area contributed by atoms with Gasteiger partial charge in [-0.05, 0) is 70.2 Å². The lowest BCUT2D eigenvalue weighted by atomic mass is 9.97. The number of benzene rings is 1. The summed E-state index contributed by atoms with van der Waals surface area (Å²) in [6, 6.07) is 8.38. The molecule has 4 nitrogen and oxygen atoms in total. The van der Waals surface area contributed by atoms with Crippen LogP contribution in [0.15, 0.2) is 35.9 Å². The molecule has 2 aromatic rings. The van der Waals surface area contributed by atoms with Crippen LogP contribution in [-0.4, -0.2) is 42.0 Å². The SMILES string of the molecule is O=C(CN1CCC(c2nc3ccccc3s2)CC1)NCCC1=CCCCC1. The van der Waals surface area contributed by atoms with Gasteiger partial charge < -0.3 is 5.32 Å². The van der Waals surface area contributed by atoms with E-state index < -0.39 is 0 Å². The number of carbonyl (C=O) groups is 1. The Morgan fingerprint density at radius 1 is 1.22 bits per heavy atom. The lowest BCUT2D eigenvalue weighted by Gasteiger charge is -2.30. The average Bonchev–Trinajstić information content (AvgIpc) is 3.13. The fourth-order valence-corrected chi connectivity index (χ4v) is 5.29. The predicted octanol–water partition coefficient (Wildman–Crippen LogP) is 4.48. The second-order valence-electron chi connectivity index (χ2n) is 7.78. The Hall–Kier alpha value is -1.72. The Morgan fingerprint density at radius 3 is 2.85 bits per heavy atom. The van der Waals surface area contributed by atoms with E-state index in [2.05, 4.69) is 40.6 Å². The van der Waals surface area contributed by atoms with Crippen LogP contribution in [0.4, 0.5) is 0 Å². The molecule has 1 aromatic carbocycles. The molecule has 0 atom stereocenters. The van der Waals surface area contributed by atoms with Gasteiger partial charge >= 0.3 is 0 Å². The second-order valence-corrected chi connectivity index (χ2v) is 8.84. The van der Waals surface area contributed by atoms with Gasteiger partial charge in [0.15, 0.2) is 0 Å². The number of allylic oxidation sites excluding steroid dienone is 1. The third kappa shape index (κ3) is 4.96. The first-order chi connectivity index (χ1) is 13.3. The Labute approximate surface area is 165 Å². The van der Waals surface area contributed by atoms with Gasteiger partial charge in [0.25, 0.3) is 0 Å². The monoisotopic (exact) mass is 383 g/mol. The number of hydrogen-bond acceptors (Lipinski definition) is 4. The van der Waals surface area contributed by atoms with E-state index in [1.54, 1.807) is 0 Å². The van der Waals surface area contributed by atoms with Crippen molar-refractivity contribution >= 4 is 27.5 Å². The van der Waals surface area contributed by atoms with Gasteiger partial charge in [-0.2, -0.15) is 0 Å². The summed E-state index contributed by atoms with van der Waals surface area (Å²) in [7, 11) is 0. The van der Waals surface area contributed by atoms with Crippen molar-refractivity contribution in [3.63, 3.8) is 0 Å². The topological polar surface area (TPSA) is 45.2 Å². The lowest BCUT2D eigenvalue weighted by molar-refractivity contribution is -0.122. The molecule has 2 aliphatic rings. The molecule has 1 saturated heterocycles. The molecule has 1 amide bonds. The van der Waals surface area contributed by atoms with Crippen molar-refractivity contribution in [2.45, 2.75) is 50.9 Å². The number of para-hydroxylation sites is 1. The van der Waals surface area contributed by atoms with Crippen molar-refractivity contribution in [3.05, 3.63) is 40.9 Å². The van der Waals surface area contributed by atoms with Gasteiger partial charge in [-0.3, -0.25) is 9.69 Å². The van der Waals surface area contributed by atoms with E-state index >= 15 is 0 Å². The number of piperidine rings is 1. The minimum absolute atomic E-state index is 0.171. The Kier molecular flexibility index (Phi) is 6.20. The van der Waals surface area contributed by atoms with Crippen LogP contribution in [0.5, 0.6) is 0 Å². The van der Waals surface area contributed by atoms with Gasteiger partial charge in [0, 0.05) is 12.5 Å². The van der Waals surface area contributed by atoms with Crippen LogP contribution >= 0.6 is 11.3 Å². The number of thiazole rings is 1. The summed E-state index contributed by atoms with van der Waals surface area (Å²) < 4.78 is 1.28. The molecule has 27 heavy (non-hydrogen) atoms. The fraction of sp³-hybridized carbons (Fsp3) is 0.545. The molecule has 5 heteroatoms. The standard InChI is InChI=1S/C22H29N3OS/c26-21(23-13-10-17-6-2-1-3-7-17)16-25-14-11-18(12-15-25)22-24-19-8-4-5-9-20(19)27-22/h4-6,8-9,18H,1-3,7,10-16H2,(H,23,26). The first-order valence-corrected chi connectivity index (χ1v) is 11.1. The summed E-state index contributed by atoms with van der Waals surface area (Å²) in [6.45, 7) is 3.29. The van der Waals surface area contributed by atoms with Crippen LogP contribution in [-0.2, 0) is 4.79 Å². The highest BCUT2D eigenvalue weighted by Gasteiger charge is 2.24. The Balaban J connectivity index is 1.19. The number of nitrogens with zero attached hydrogens (tertiary/aromatic N) is 2. The van der Waals surface area contributed by atoms with E-state index in [1.165, 1.54) is 41.0 Å². The minimum atomic E-state index is 0.171. The highest BCUT2D eigenvalue weighted by Crippen LogP contribution is 2.33. The van der Waals surface area contributed by atoms with Crippen molar-refractivity contribution in [3.8, 4) is 0 Å². The van der Waals surface area contributed by atoms with Gasteiger partial charge in [0.2, 0.25) is 5.91 Å². The Bertz CT molecular complexity index is 772. The molecule has 0 spiro atoms. The molecule has 0 unspecified atom stereocenters. The minimum Gasteiger partial charge on any atom is -0.355 e. The molecule has 1 aromatic heterocycles. The highest BCUT2D eigenvalue weighted by molar-refractivity contribution is 7.18. The van der Waals surface area contributed by atoms with Gasteiger partial charge in [0.05, 0.1) is 21.8 Å². The van der Waals surface area contributed by atoms with E-state index in [1.807, 2.05) is 11.3 Å². The third-order valence-electron chi connectivity index (χ3n) is 5.77. The van der Waals surface area contributed by atoms with Crippen molar-refractivity contribution in [1.82, 2.24) is 15.2 Å². The van der Waals surface area contributed by atoms with E-state index in [9.17, 15) is 4.79 Å². The maximum absolute atomic E-state index is 12.2. The maximum atomic E-state index is 12.2. The van der Waals surface area contributed by atoms with E-state index in [-0.39, 0.29) is 5.91 Å². The van der Waals surface area contributed by atoms with Crippen LogP contribution < -0.4 is 5.32 Å². The molecule has 0 radical (unpaired) electrons. The van der Waals surface area contributed by atoms with E-state index in [4.69, 9.17) is 4.98 Å². The molecule has 4 rings (SSSR count). The third-order valence-corrected chi connectivity index (χ3v) is 6.97. The van der Waals surface area contributed by atoms with Gasteiger partial charge in [0.1, 0.15) is 0 Å². The largest absolute Gasteiger partial charge is 0.355 e. The average molecular weight is 384 g/mol. The fourth-order valence-electron chi connectivity index (χ4n) is 4.16. The molecule has 0 saturated carbocycles. The summed E-state index contributed by atoms with van der Waals surface area (Å²) in [5, 5.41) is 4.37. The molecule has 1 fully saturated rings. The molecule has 2 heterocycles. The number of aromatic nitrogens is 1. The predicted molar refractivity (Wildman–Crippen MR) is 112 cm³/mol. The second kappa shape index (κ2) is 8.98. The van der Waals surface area contributed by atoms with Crippen LogP contribution in [0.25, 0.3) is 10.2 Å². The lowest BCUT2D eigenvalue weighted by Crippen LogP contribution is -2.41. The summed E-state index contributed by atoms with van der Waals surface area (Å²) >= 11 is 1.83. The molecular weight excluding hydrogens is 354 g/mol. The zero-order chi connectivity index (χ0) is 18.5. The molecule has 1 N–H and O–H groups in total. The maximum Gasteiger partial charge on any atom is 0.234 e. The number of amides is 1. The van der Waals surface area contributed by atoms with Gasteiger partial charge in [-0.15, -0.1) is 11.3 Å². The van der Waals surface area contributed by atoms with E-state index in [0.717, 1.165) is 44.4 Å². The zero-order valence-electron chi connectivity index (χ0n) is 16.0. The summed E-state index contributed by atoms with van der Waals surface area (Å²) in [5.74, 6) is 0.713. The Morgan fingerprint density at radius 2 is 2.07 bits per heavy atom. The normalized spacial score (nSPS) is 19.2. The number of carbonyl (C=O) groups excluding carboxylic acids is 1. The quantitative estimate of drug-likeness (QED) is 0.748. The van der Waals surface area contributed by atoms with Crippen molar-refractivity contribution in [2.24, 2.45) is 0 Å². The number of rotatable bonds is 6. The first-order valence-electron chi connectivity index (χ1n) is 10.3. The van der Waals surface area contributed by atoms with Crippen LogP contribution in [0.2, 0.25) is 0 Å². The van der Waals surface area contributed by atoms with Gasteiger partial charge in [-0.25, -0.2) is 4.98 Å². The van der Waals surface area contributed by atoms with Gasteiger partial charge in [-0.1, -0.05) is 23.8 Å². The molecule has 1 aliphatic heterocycles. The number of hydrogen-bond donors (Lipinski definition) is 1. The summed E-state index contributed by atoms with van der Waals surface area (Å²) in [4.78, 5) is 19.4. The highest BCUT2D eigenvalue weighted by atomic mass is 32.1. The van der Waals surface area contributed by atoms with Crippen molar-refractivity contribution in [2.75, 3.05) is 26.2 Å². The molecular formula is C22H29N3OS. The smallest absolute Gasteiger partial charge is 0.234 e. The van der Waals surface area contributed by atoms with Crippen LogP contribution in [0.3, 0.4) is 0 Å². The zero-order valence-corrected chi connectivity index (χ0v) is 16.8. The van der Waals surface area contributed by atoms with Crippen molar-refractivity contribution in [1.29, 1.82) is 0 Å². The van der Waals surface area contributed by atoms with Crippen LogP contribution in [0, 0.1) is 0 Å². The molecule has 1 aliphatic carbocycles. The molecule has 144 valence electrons. The summed E-state index contributed by atoms with van der Waals surface area (Å²) in [5.41, 5.74) is 2.64. The molecule has 0 bridgehead atoms.